The minimum atomic E-state index is -1.70. The van der Waals surface area contributed by atoms with Crippen molar-refractivity contribution in [1.82, 2.24) is 4.98 Å². The van der Waals surface area contributed by atoms with Gasteiger partial charge in [0.05, 0.1) is 0 Å². The summed E-state index contributed by atoms with van der Waals surface area (Å²) in [4.78, 5) is 20.6. The van der Waals surface area contributed by atoms with Gasteiger partial charge in [-0.15, -0.1) is 16.5 Å². The summed E-state index contributed by atoms with van der Waals surface area (Å²) in [6.07, 6.45) is 5.12. The first-order valence-electron chi connectivity index (χ1n) is 15.0. The van der Waals surface area contributed by atoms with E-state index in [1.54, 1.807) is 6.07 Å². The van der Waals surface area contributed by atoms with E-state index in [2.05, 4.69) is 43.1 Å². The van der Waals surface area contributed by atoms with Gasteiger partial charge in [0, 0.05) is 34.8 Å². The Morgan fingerprint density at radius 3 is 2.44 bits per heavy atom. The summed E-state index contributed by atoms with van der Waals surface area (Å²) in [7, 11) is 0. The van der Waals surface area contributed by atoms with Crippen LogP contribution < -0.4 is 10.9 Å². The molecule has 6 N–H and O–H groups in total. The molecule has 1 heterocycles. The van der Waals surface area contributed by atoms with Crippen molar-refractivity contribution in [2.24, 2.45) is 27.7 Å². The Labute approximate surface area is 270 Å². The molecule has 0 aliphatic heterocycles. The molecule has 5 rings (SSSR count). The first-order chi connectivity index (χ1) is 21.6. The van der Waals surface area contributed by atoms with Crippen molar-refractivity contribution in [3.8, 4) is 11.1 Å². The summed E-state index contributed by atoms with van der Waals surface area (Å²) in [6.45, 7) is 4.41. The standard InChI is InChI=1S/C35H37FN4O3S2/c1-21(2)16-23-8-12-25(13-9-23)26-4-3-5-27(19-26)33(37)28(17-24-11-15-32(45(38)43)29(36)18-24)30(14-10-22-6-7-22)39-35-40-31(20-44-35)34(41)42/h3-5,8-9,11-13,15,18-22,43H,6-7,10,14,16-17,38H2,1-2H3,(H2-,37,39,40,41,42)/p+1. The monoisotopic (exact) mass is 645 g/mol. The molecule has 1 aliphatic carbocycles. The van der Waals surface area contributed by atoms with Gasteiger partial charge in [-0.25, -0.2) is 19.2 Å². The number of aromatic nitrogens is 1. The maximum Gasteiger partial charge on any atom is 0.355 e. The van der Waals surface area contributed by atoms with Crippen LogP contribution in [0.4, 0.5) is 9.52 Å². The minimum absolute atomic E-state index is 0.0379. The lowest BCUT2D eigenvalue weighted by atomic mass is 9.92. The smallest absolute Gasteiger partial charge is 0.355 e. The molecule has 1 saturated carbocycles. The molecule has 1 atom stereocenters. The molecule has 0 radical (unpaired) electrons. The van der Waals surface area contributed by atoms with Crippen molar-refractivity contribution >= 4 is 45.2 Å². The molecule has 1 unspecified atom stereocenters. The molecule has 10 heteroatoms. The Bertz CT molecular complexity index is 1730. The highest BCUT2D eigenvalue weighted by Gasteiger charge is 2.25. The molecule has 45 heavy (non-hydrogen) atoms. The predicted octanol–water partition coefficient (Wildman–Crippen LogP) is 8.05. The van der Waals surface area contributed by atoms with E-state index in [0.29, 0.717) is 40.4 Å². The molecular weight excluding hydrogens is 608 g/mol. The number of benzene rings is 3. The minimum Gasteiger partial charge on any atom is -0.476 e. The molecule has 0 saturated heterocycles. The van der Waals surface area contributed by atoms with E-state index in [4.69, 9.17) is 15.9 Å². The predicted molar refractivity (Wildman–Crippen MR) is 182 cm³/mol. The Morgan fingerprint density at radius 1 is 1.09 bits per heavy atom. The third-order valence-electron chi connectivity index (χ3n) is 7.81. The molecule has 3 aromatic carbocycles. The molecule has 1 aromatic heterocycles. The Kier molecular flexibility index (Phi) is 10.5. The Morgan fingerprint density at radius 2 is 1.82 bits per heavy atom. The maximum atomic E-state index is 14.9. The van der Waals surface area contributed by atoms with Gasteiger partial charge >= 0.3 is 5.97 Å². The fourth-order valence-electron chi connectivity index (χ4n) is 5.28. The summed E-state index contributed by atoms with van der Waals surface area (Å²) in [5.74, 6) is -0.530. The Balaban J connectivity index is 1.59. The molecule has 0 amide bonds. The number of nitrogens with two attached hydrogens (primary N) is 2. The lowest BCUT2D eigenvalue weighted by Gasteiger charge is -2.17. The number of allylic oxidation sites excluding steroid dienone is 1. The number of carboxylic acid groups (broad SMARTS) is 1. The number of aliphatic imine (C=N–C) groups is 1. The second-order valence-electron chi connectivity index (χ2n) is 11.9. The lowest BCUT2D eigenvalue weighted by Crippen LogP contribution is -2.15. The first kappa shape index (κ1) is 32.6. The van der Waals surface area contributed by atoms with Crippen molar-refractivity contribution in [1.29, 1.82) is 0 Å². The number of nitrogens with zero attached hydrogens (tertiary/aromatic N) is 2. The lowest BCUT2D eigenvalue weighted by molar-refractivity contribution is 0.0691. The number of halogens is 1. The summed E-state index contributed by atoms with van der Waals surface area (Å²) < 4.78 is 24.7. The molecule has 1 fully saturated rings. The van der Waals surface area contributed by atoms with Crippen molar-refractivity contribution in [3.63, 3.8) is 0 Å². The zero-order valence-corrected chi connectivity index (χ0v) is 27.0. The zero-order valence-electron chi connectivity index (χ0n) is 25.4. The van der Waals surface area contributed by atoms with Crippen LogP contribution in [-0.4, -0.2) is 26.3 Å². The van der Waals surface area contributed by atoms with Crippen LogP contribution in [0.15, 0.2) is 87.6 Å². The molecule has 1 aliphatic rings. The number of carboxylic acids is 1. The summed E-state index contributed by atoms with van der Waals surface area (Å²) >= 11 is -0.549. The van der Waals surface area contributed by atoms with Crippen LogP contribution in [0, 0.1) is 17.7 Å². The van der Waals surface area contributed by atoms with Gasteiger partial charge in [0.15, 0.2) is 11.5 Å². The van der Waals surface area contributed by atoms with Crippen molar-refractivity contribution in [2.75, 3.05) is 0 Å². The number of carbonyl (C=O) groups is 1. The fraction of sp³-hybridized carbons (Fsp3) is 0.286. The maximum absolute atomic E-state index is 14.9. The van der Waals surface area contributed by atoms with E-state index in [0.717, 1.165) is 59.3 Å². The highest BCUT2D eigenvalue weighted by atomic mass is 32.2. The van der Waals surface area contributed by atoms with Crippen LogP contribution in [0.2, 0.25) is 0 Å². The van der Waals surface area contributed by atoms with Gasteiger partial charge in [-0.2, -0.15) is 4.55 Å². The first-order valence-corrected chi connectivity index (χ1v) is 17.1. The largest absolute Gasteiger partial charge is 0.476 e. The molecule has 4 aromatic rings. The van der Waals surface area contributed by atoms with E-state index in [1.807, 2.05) is 24.3 Å². The van der Waals surface area contributed by atoms with Gasteiger partial charge in [-0.3, -0.25) is 0 Å². The van der Waals surface area contributed by atoms with Crippen LogP contribution in [-0.2, 0) is 24.2 Å². The molecule has 234 valence electrons. The Hall–Kier alpha value is -3.83. The van der Waals surface area contributed by atoms with Crippen LogP contribution in [0.25, 0.3) is 16.8 Å². The van der Waals surface area contributed by atoms with Gasteiger partial charge in [0.1, 0.15) is 0 Å². The number of hydrogen-bond acceptors (Lipinski definition) is 7. The quantitative estimate of drug-likeness (QED) is 0.0859. The topological polar surface area (TPSA) is 135 Å². The van der Waals surface area contributed by atoms with Gasteiger partial charge in [-0.05, 0) is 71.0 Å². The third-order valence-corrected chi connectivity index (χ3v) is 9.33. The van der Waals surface area contributed by atoms with Crippen LogP contribution in [0.5, 0.6) is 0 Å². The summed E-state index contributed by atoms with van der Waals surface area (Å²) in [6, 6.07) is 21.2. The van der Waals surface area contributed by atoms with Crippen LogP contribution in [0.3, 0.4) is 0 Å². The number of rotatable bonds is 13. The van der Waals surface area contributed by atoms with E-state index in [1.165, 1.54) is 23.1 Å². The van der Waals surface area contributed by atoms with Crippen molar-refractivity contribution in [3.05, 3.63) is 106 Å². The highest BCUT2D eigenvalue weighted by molar-refractivity contribution is 7.89. The number of hydrogen-bond donors (Lipinski definition) is 4. The fourth-order valence-corrected chi connectivity index (χ4v) is 6.43. The summed E-state index contributed by atoms with van der Waals surface area (Å²) in [5, 5.41) is 16.8. The summed E-state index contributed by atoms with van der Waals surface area (Å²) in [5.41, 5.74) is 13.7. The molecular formula is C35H38FN4O3S2+. The average molecular weight is 646 g/mol. The normalized spacial score (nSPS) is 14.8. The van der Waals surface area contributed by atoms with Gasteiger partial charge in [0.2, 0.25) is 10.0 Å². The van der Waals surface area contributed by atoms with Gasteiger partial charge in [0.25, 0.3) is 11.4 Å². The average Bonchev–Trinajstić information content (AvgIpc) is 3.72. The third kappa shape index (κ3) is 8.67. The molecule has 7 nitrogen and oxygen atoms in total. The van der Waals surface area contributed by atoms with E-state index >= 15 is 0 Å². The SMILES string of the molecule is CC(C)Cc1ccc(-c2cccc(/C(N)=C(Cc3ccc([S+](N)O)c(F)c3)/C(CCC3CC3)=N/c3nc(C(=O)O)cs3)c2)cc1. The molecule has 0 spiro atoms. The number of thiazole rings is 1. The molecule has 0 bridgehead atoms. The van der Waals surface area contributed by atoms with Crippen molar-refractivity contribution < 1.29 is 18.8 Å². The van der Waals surface area contributed by atoms with Crippen molar-refractivity contribution in [2.45, 2.75) is 57.3 Å². The highest BCUT2D eigenvalue weighted by Crippen LogP contribution is 2.36. The second kappa shape index (κ2) is 14.5. The van der Waals surface area contributed by atoms with Gasteiger partial charge < -0.3 is 10.8 Å². The number of aromatic carboxylic acids is 1. The zero-order chi connectivity index (χ0) is 32.1. The van der Waals surface area contributed by atoms with E-state index in [-0.39, 0.29) is 17.0 Å². The van der Waals surface area contributed by atoms with E-state index < -0.39 is 23.1 Å². The second-order valence-corrected chi connectivity index (χ2v) is 13.8. The van der Waals surface area contributed by atoms with E-state index in [9.17, 15) is 18.8 Å². The van der Waals surface area contributed by atoms with Crippen LogP contribution in [0.1, 0.15) is 66.7 Å². The van der Waals surface area contributed by atoms with Crippen LogP contribution >= 0.6 is 11.3 Å². The van der Waals surface area contributed by atoms with Gasteiger partial charge in [-0.1, -0.05) is 75.2 Å².